The molecule has 0 unspecified atom stereocenters. The normalized spacial score (nSPS) is 17.8. The minimum atomic E-state index is -4.43. The maximum absolute atomic E-state index is 12.7. The Kier molecular flexibility index (Phi) is 3.87. The van der Waals surface area contributed by atoms with Crippen LogP contribution in [0.5, 0.6) is 0 Å². The monoisotopic (exact) mass is 328 g/mol. The fourth-order valence-electron chi connectivity index (χ4n) is 2.79. The molecule has 0 saturated heterocycles. The first kappa shape index (κ1) is 15.6. The predicted octanol–water partition coefficient (Wildman–Crippen LogP) is 2.22. The molecule has 1 aliphatic heterocycles. The number of hydrogen-bond acceptors (Lipinski definition) is 4. The van der Waals surface area contributed by atoms with Crippen LogP contribution in [-0.4, -0.2) is 39.1 Å². The SMILES string of the molecule is CN(C[C@H]1CCc2nc(C(F)(F)F)cn2C1)C(=O)c1ccon1. The number of aromatic nitrogens is 3. The van der Waals surface area contributed by atoms with E-state index in [1.165, 1.54) is 21.8 Å². The van der Waals surface area contributed by atoms with Crippen LogP contribution in [0.3, 0.4) is 0 Å². The van der Waals surface area contributed by atoms with E-state index in [2.05, 4.69) is 14.7 Å². The summed E-state index contributed by atoms with van der Waals surface area (Å²) in [5.41, 5.74) is -0.647. The van der Waals surface area contributed by atoms with Crippen LogP contribution in [0.2, 0.25) is 0 Å². The van der Waals surface area contributed by atoms with E-state index in [1.807, 2.05) is 0 Å². The van der Waals surface area contributed by atoms with Gasteiger partial charge in [-0.2, -0.15) is 13.2 Å². The maximum atomic E-state index is 12.7. The third-order valence-corrected chi connectivity index (χ3v) is 3.92. The van der Waals surface area contributed by atoms with E-state index in [0.717, 1.165) is 6.20 Å². The van der Waals surface area contributed by atoms with Gasteiger partial charge in [0.15, 0.2) is 11.4 Å². The summed E-state index contributed by atoms with van der Waals surface area (Å²) in [4.78, 5) is 17.3. The summed E-state index contributed by atoms with van der Waals surface area (Å²) in [6.45, 7) is 0.847. The van der Waals surface area contributed by atoms with Gasteiger partial charge in [0.2, 0.25) is 0 Å². The number of carbonyl (C=O) groups is 1. The molecule has 0 aromatic carbocycles. The number of rotatable bonds is 3. The van der Waals surface area contributed by atoms with Crippen molar-refractivity contribution in [3.8, 4) is 0 Å². The van der Waals surface area contributed by atoms with E-state index in [4.69, 9.17) is 0 Å². The highest BCUT2D eigenvalue weighted by Gasteiger charge is 2.36. The lowest BCUT2D eigenvalue weighted by Gasteiger charge is -2.27. The van der Waals surface area contributed by atoms with Gasteiger partial charge in [0.25, 0.3) is 5.91 Å². The van der Waals surface area contributed by atoms with Gasteiger partial charge in [0.05, 0.1) is 0 Å². The minimum Gasteiger partial charge on any atom is -0.364 e. The number of halogens is 3. The number of carbonyl (C=O) groups excluding carboxylic acids is 1. The average Bonchev–Trinajstić information content (AvgIpc) is 3.14. The van der Waals surface area contributed by atoms with Crippen LogP contribution in [0.1, 0.15) is 28.4 Å². The minimum absolute atomic E-state index is 0.0682. The van der Waals surface area contributed by atoms with Gasteiger partial charge in [-0.25, -0.2) is 4.98 Å². The van der Waals surface area contributed by atoms with E-state index < -0.39 is 11.9 Å². The fraction of sp³-hybridized carbons (Fsp3) is 0.500. The predicted molar refractivity (Wildman–Crippen MR) is 72.5 cm³/mol. The number of fused-ring (bicyclic) bond motifs is 1. The van der Waals surface area contributed by atoms with Crippen LogP contribution >= 0.6 is 0 Å². The molecule has 0 aliphatic carbocycles. The summed E-state index contributed by atoms with van der Waals surface area (Å²) in [5, 5.41) is 3.59. The highest BCUT2D eigenvalue weighted by atomic mass is 19.4. The van der Waals surface area contributed by atoms with E-state index in [1.54, 1.807) is 7.05 Å². The van der Waals surface area contributed by atoms with Crippen LogP contribution in [0.25, 0.3) is 0 Å². The lowest BCUT2D eigenvalue weighted by Crippen LogP contribution is -2.35. The average molecular weight is 328 g/mol. The Morgan fingerprint density at radius 3 is 2.96 bits per heavy atom. The molecular formula is C14H15F3N4O2. The molecule has 23 heavy (non-hydrogen) atoms. The summed E-state index contributed by atoms with van der Waals surface area (Å²) in [7, 11) is 1.64. The van der Waals surface area contributed by atoms with Crippen LogP contribution in [0.4, 0.5) is 13.2 Å². The van der Waals surface area contributed by atoms with Crippen molar-refractivity contribution in [2.75, 3.05) is 13.6 Å². The molecule has 0 fully saturated rings. The number of alkyl halides is 3. The summed E-state index contributed by atoms with van der Waals surface area (Å²) >= 11 is 0. The van der Waals surface area contributed by atoms with E-state index in [0.29, 0.717) is 31.8 Å². The third kappa shape index (κ3) is 3.22. The second-order valence-electron chi connectivity index (χ2n) is 5.67. The molecule has 6 nitrogen and oxygen atoms in total. The molecule has 3 heterocycles. The van der Waals surface area contributed by atoms with Crippen molar-refractivity contribution in [2.24, 2.45) is 5.92 Å². The Morgan fingerprint density at radius 2 is 2.30 bits per heavy atom. The number of imidazole rings is 1. The topological polar surface area (TPSA) is 64.2 Å². The van der Waals surface area contributed by atoms with Crippen molar-refractivity contribution < 1.29 is 22.5 Å². The molecule has 1 atom stereocenters. The first-order chi connectivity index (χ1) is 10.8. The molecule has 3 rings (SSSR count). The van der Waals surface area contributed by atoms with Crippen molar-refractivity contribution in [1.82, 2.24) is 19.6 Å². The largest absolute Gasteiger partial charge is 0.434 e. The van der Waals surface area contributed by atoms with Crippen molar-refractivity contribution in [2.45, 2.75) is 25.6 Å². The molecule has 124 valence electrons. The first-order valence-corrected chi connectivity index (χ1v) is 7.13. The number of hydrogen-bond donors (Lipinski definition) is 0. The lowest BCUT2D eigenvalue weighted by atomic mass is 9.99. The second-order valence-corrected chi connectivity index (χ2v) is 5.67. The summed E-state index contributed by atoms with van der Waals surface area (Å²) in [6, 6.07) is 1.48. The molecule has 0 radical (unpaired) electrons. The first-order valence-electron chi connectivity index (χ1n) is 7.13. The lowest BCUT2D eigenvalue weighted by molar-refractivity contribution is -0.141. The van der Waals surface area contributed by atoms with Crippen LogP contribution in [0, 0.1) is 5.92 Å². The Bertz CT molecular complexity index is 693. The van der Waals surface area contributed by atoms with Crippen LogP contribution < -0.4 is 0 Å². The smallest absolute Gasteiger partial charge is 0.364 e. The molecule has 2 aromatic rings. The Morgan fingerprint density at radius 1 is 1.52 bits per heavy atom. The summed E-state index contributed by atoms with van der Waals surface area (Å²) < 4.78 is 44.3. The van der Waals surface area contributed by atoms with Crippen LogP contribution in [0.15, 0.2) is 23.0 Å². The van der Waals surface area contributed by atoms with Crippen molar-refractivity contribution in [3.63, 3.8) is 0 Å². The van der Waals surface area contributed by atoms with Gasteiger partial charge in [0, 0.05) is 38.8 Å². The van der Waals surface area contributed by atoms with E-state index in [-0.39, 0.29) is 17.5 Å². The number of nitrogens with zero attached hydrogens (tertiary/aromatic N) is 4. The zero-order valence-corrected chi connectivity index (χ0v) is 12.4. The van der Waals surface area contributed by atoms with Gasteiger partial charge < -0.3 is 14.0 Å². The molecule has 1 aliphatic rings. The zero-order valence-electron chi connectivity index (χ0n) is 12.4. The van der Waals surface area contributed by atoms with Gasteiger partial charge in [0.1, 0.15) is 12.1 Å². The molecule has 2 aromatic heterocycles. The Balaban J connectivity index is 1.65. The van der Waals surface area contributed by atoms with Gasteiger partial charge in [-0.05, 0) is 12.3 Å². The van der Waals surface area contributed by atoms with Gasteiger partial charge in [-0.3, -0.25) is 4.79 Å². The van der Waals surface area contributed by atoms with Crippen molar-refractivity contribution in [3.05, 3.63) is 35.7 Å². The zero-order chi connectivity index (χ0) is 16.6. The second kappa shape index (κ2) is 5.71. The molecule has 0 spiro atoms. The quantitative estimate of drug-likeness (QED) is 0.867. The van der Waals surface area contributed by atoms with Crippen LogP contribution in [-0.2, 0) is 19.1 Å². The Labute approximate surface area is 129 Å². The number of aryl methyl sites for hydroxylation is 1. The van der Waals surface area contributed by atoms with Gasteiger partial charge in [-0.15, -0.1) is 0 Å². The summed E-state index contributed by atoms with van der Waals surface area (Å²) in [6.07, 6.45) is -0.921. The Hall–Kier alpha value is -2.32. The standard InChI is InChI=1S/C14H15F3N4O2/c1-20(13(22)10-4-5-23-19-10)6-9-2-3-12-18-11(14(15,16)17)8-21(12)7-9/h4-5,8-9H,2-3,6-7H2,1H3/t9-/m1/s1. The maximum Gasteiger partial charge on any atom is 0.434 e. The molecule has 0 saturated carbocycles. The molecule has 0 bridgehead atoms. The fourth-order valence-corrected chi connectivity index (χ4v) is 2.79. The number of amides is 1. The highest BCUT2D eigenvalue weighted by Crippen LogP contribution is 2.30. The van der Waals surface area contributed by atoms with E-state index in [9.17, 15) is 18.0 Å². The summed E-state index contributed by atoms with van der Waals surface area (Å²) in [5.74, 6) is 0.240. The van der Waals surface area contributed by atoms with E-state index >= 15 is 0 Å². The molecular weight excluding hydrogens is 313 g/mol. The van der Waals surface area contributed by atoms with Crippen molar-refractivity contribution in [1.29, 1.82) is 0 Å². The molecule has 9 heteroatoms. The molecule has 1 amide bonds. The molecule has 0 N–H and O–H groups in total. The van der Waals surface area contributed by atoms with Crippen molar-refractivity contribution >= 4 is 5.91 Å². The van der Waals surface area contributed by atoms with Gasteiger partial charge in [-0.1, -0.05) is 5.16 Å². The third-order valence-electron chi connectivity index (χ3n) is 3.92. The van der Waals surface area contributed by atoms with Gasteiger partial charge >= 0.3 is 6.18 Å². The highest BCUT2D eigenvalue weighted by molar-refractivity contribution is 5.91.